The minimum Gasteiger partial charge on any atom is -0.385 e. The summed E-state index contributed by atoms with van der Waals surface area (Å²) >= 11 is 0. The van der Waals surface area contributed by atoms with Crippen LogP contribution in [0.25, 0.3) is 0 Å². The molecule has 8 nitrogen and oxygen atoms in total. The van der Waals surface area contributed by atoms with Crippen LogP contribution in [0.5, 0.6) is 0 Å². The van der Waals surface area contributed by atoms with E-state index in [1.807, 2.05) is 0 Å². The van der Waals surface area contributed by atoms with Crippen molar-refractivity contribution in [2.24, 2.45) is 33.7 Å². The number of amides is 1. The van der Waals surface area contributed by atoms with Crippen LogP contribution in [0.2, 0.25) is 0 Å². The Kier molecular flexibility index (Phi) is 6.60. The lowest BCUT2D eigenvalue weighted by atomic mass is 9.46. The Morgan fingerprint density at radius 2 is 2.00 bits per heavy atom. The predicted molar refractivity (Wildman–Crippen MR) is 136 cm³/mol. The predicted octanol–water partition coefficient (Wildman–Crippen LogP) is 3.72. The van der Waals surface area contributed by atoms with Gasteiger partial charge in [-0.1, -0.05) is 24.6 Å². The number of Topliss-reactive ketones (excluding diaryl/α,β-unsaturated/α-hetero) is 1. The van der Waals surface area contributed by atoms with E-state index in [1.165, 1.54) is 5.57 Å². The van der Waals surface area contributed by atoms with E-state index >= 15 is 0 Å². The van der Waals surface area contributed by atoms with Crippen LogP contribution in [0.15, 0.2) is 29.3 Å². The Morgan fingerprint density at radius 1 is 1.19 bits per heavy atom. The number of ketones is 1. The highest BCUT2D eigenvalue weighted by Gasteiger charge is 2.65. The SMILES string of the molecule is CC(=O)C1(O)CCC2C3CCC4=CC(=NOCC(=O)NCCc5cnc[nH]5)CCC4(C)C3CCC21C. The number of fused-ring (bicyclic) bond motifs is 5. The van der Waals surface area contributed by atoms with E-state index in [0.717, 1.165) is 56.4 Å². The van der Waals surface area contributed by atoms with Crippen molar-refractivity contribution in [2.45, 2.75) is 84.2 Å². The summed E-state index contributed by atoms with van der Waals surface area (Å²) in [5.74, 6) is 1.31. The molecule has 1 heterocycles. The Bertz CT molecular complexity index is 1070. The van der Waals surface area contributed by atoms with Crippen LogP contribution in [0, 0.1) is 28.6 Å². The summed E-state index contributed by atoms with van der Waals surface area (Å²) in [6.07, 6.45) is 13.8. The van der Waals surface area contributed by atoms with Crippen molar-refractivity contribution in [1.29, 1.82) is 0 Å². The van der Waals surface area contributed by atoms with Crippen molar-refractivity contribution >= 4 is 17.4 Å². The maximum absolute atomic E-state index is 12.4. The number of allylic oxidation sites excluding steroid dienone is 2. The van der Waals surface area contributed by atoms with Gasteiger partial charge in [-0.05, 0) is 87.5 Å². The molecule has 4 aliphatic carbocycles. The Balaban J connectivity index is 1.19. The van der Waals surface area contributed by atoms with Gasteiger partial charge in [-0.2, -0.15) is 0 Å². The normalized spacial score (nSPS) is 38.5. The molecular weight excluding hydrogens is 456 g/mol. The summed E-state index contributed by atoms with van der Waals surface area (Å²) in [5.41, 5.74) is 2.02. The number of aromatic amines is 1. The fourth-order valence-electron chi connectivity index (χ4n) is 8.22. The molecule has 1 aromatic heterocycles. The van der Waals surface area contributed by atoms with Crippen LogP contribution >= 0.6 is 0 Å². The summed E-state index contributed by atoms with van der Waals surface area (Å²) in [6, 6.07) is 0. The number of aromatic nitrogens is 2. The summed E-state index contributed by atoms with van der Waals surface area (Å²) in [5, 5.41) is 18.5. The third-order valence-corrected chi connectivity index (χ3v) is 10.4. The zero-order chi connectivity index (χ0) is 25.6. The maximum atomic E-state index is 12.4. The quantitative estimate of drug-likeness (QED) is 0.498. The first-order valence-electron chi connectivity index (χ1n) is 13.5. The molecule has 3 N–H and O–H groups in total. The zero-order valence-electron chi connectivity index (χ0n) is 21.8. The summed E-state index contributed by atoms with van der Waals surface area (Å²) in [4.78, 5) is 36.9. The summed E-state index contributed by atoms with van der Waals surface area (Å²) in [7, 11) is 0. The summed E-state index contributed by atoms with van der Waals surface area (Å²) < 4.78 is 0. The first-order chi connectivity index (χ1) is 17.2. The maximum Gasteiger partial charge on any atom is 0.260 e. The number of nitrogens with one attached hydrogen (secondary N) is 2. The molecule has 6 unspecified atom stereocenters. The second kappa shape index (κ2) is 9.43. The van der Waals surface area contributed by atoms with Gasteiger partial charge in [0, 0.05) is 30.3 Å². The summed E-state index contributed by atoms with van der Waals surface area (Å²) in [6.45, 7) is 6.59. The van der Waals surface area contributed by atoms with Gasteiger partial charge in [-0.15, -0.1) is 0 Å². The van der Waals surface area contributed by atoms with Crippen molar-refractivity contribution in [3.63, 3.8) is 0 Å². The Labute approximate surface area is 213 Å². The molecule has 196 valence electrons. The molecule has 0 aliphatic heterocycles. The second-order valence-electron chi connectivity index (χ2n) is 11.9. The van der Waals surface area contributed by atoms with E-state index in [9.17, 15) is 14.7 Å². The highest BCUT2D eigenvalue weighted by atomic mass is 16.6. The smallest absolute Gasteiger partial charge is 0.260 e. The Morgan fingerprint density at radius 3 is 2.75 bits per heavy atom. The molecule has 4 aliphatic rings. The van der Waals surface area contributed by atoms with Crippen LogP contribution < -0.4 is 5.32 Å². The number of hydrogen-bond donors (Lipinski definition) is 3. The fourth-order valence-corrected chi connectivity index (χ4v) is 8.22. The molecule has 0 saturated heterocycles. The van der Waals surface area contributed by atoms with Crippen molar-refractivity contribution < 1.29 is 19.5 Å². The molecular formula is C28H40N4O4. The third-order valence-electron chi connectivity index (χ3n) is 10.4. The van der Waals surface area contributed by atoms with Crippen molar-refractivity contribution in [1.82, 2.24) is 15.3 Å². The number of oxime groups is 1. The van der Waals surface area contributed by atoms with Gasteiger partial charge in [0.15, 0.2) is 12.4 Å². The van der Waals surface area contributed by atoms with E-state index in [-0.39, 0.29) is 29.1 Å². The molecule has 36 heavy (non-hydrogen) atoms. The van der Waals surface area contributed by atoms with Crippen LogP contribution in [0.4, 0.5) is 0 Å². The zero-order valence-corrected chi connectivity index (χ0v) is 21.8. The van der Waals surface area contributed by atoms with Gasteiger partial charge in [0.25, 0.3) is 5.91 Å². The molecule has 3 fully saturated rings. The largest absolute Gasteiger partial charge is 0.385 e. The molecule has 3 saturated carbocycles. The Hall–Kier alpha value is -2.48. The van der Waals surface area contributed by atoms with Gasteiger partial charge in [0.1, 0.15) is 5.60 Å². The van der Waals surface area contributed by atoms with Crippen LogP contribution in [0.3, 0.4) is 0 Å². The van der Waals surface area contributed by atoms with Gasteiger partial charge in [-0.3, -0.25) is 9.59 Å². The third kappa shape index (κ3) is 4.11. The van der Waals surface area contributed by atoms with Gasteiger partial charge < -0.3 is 20.2 Å². The molecule has 6 atom stereocenters. The highest BCUT2D eigenvalue weighted by molar-refractivity contribution is 5.96. The first kappa shape index (κ1) is 25.2. The molecule has 1 amide bonds. The molecule has 0 radical (unpaired) electrons. The van der Waals surface area contributed by atoms with Crippen LogP contribution in [-0.2, 0) is 20.8 Å². The number of H-pyrrole nitrogens is 1. The van der Waals surface area contributed by atoms with Crippen molar-refractivity contribution in [3.05, 3.63) is 29.9 Å². The van der Waals surface area contributed by atoms with Gasteiger partial charge in [0.2, 0.25) is 0 Å². The number of carbonyl (C=O) groups excluding carboxylic acids is 2. The van der Waals surface area contributed by atoms with Crippen molar-refractivity contribution in [2.75, 3.05) is 13.2 Å². The molecule has 0 bridgehead atoms. The molecule has 1 aromatic rings. The number of rotatable bonds is 7. The molecule has 8 heteroatoms. The lowest BCUT2D eigenvalue weighted by Crippen LogP contribution is -2.57. The van der Waals surface area contributed by atoms with Crippen LogP contribution in [0.1, 0.15) is 77.8 Å². The van der Waals surface area contributed by atoms with E-state index < -0.39 is 5.60 Å². The number of imidazole rings is 1. The standard InChI is InChI=1S/C28H40N4O4/c1-18(33)28(35)12-8-24-22-5-4-19-14-20(6-10-26(19,2)23(22)7-11-27(24,28)3)32-36-16-25(34)30-13-9-21-15-29-17-31-21/h14-15,17,22-24,35H,4-13,16H2,1-3H3,(H,29,31)(H,30,34). The topological polar surface area (TPSA) is 117 Å². The monoisotopic (exact) mass is 496 g/mol. The van der Waals surface area contributed by atoms with Crippen molar-refractivity contribution in [3.8, 4) is 0 Å². The van der Waals surface area contributed by atoms with Gasteiger partial charge in [0.05, 0.1) is 12.0 Å². The number of aliphatic hydroxyl groups is 1. The van der Waals surface area contributed by atoms with E-state index in [1.54, 1.807) is 19.4 Å². The van der Waals surface area contributed by atoms with E-state index in [0.29, 0.717) is 37.1 Å². The lowest BCUT2D eigenvalue weighted by molar-refractivity contribution is -0.159. The first-order valence-corrected chi connectivity index (χ1v) is 13.5. The molecule has 5 rings (SSSR count). The molecule has 0 spiro atoms. The van der Waals surface area contributed by atoms with E-state index in [2.05, 4.69) is 40.4 Å². The number of carbonyl (C=O) groups is 2. The average molecular weight is 497 g/mol. The van der Waals surface area contributed by atoms with Gasteiger partial charge in [-0.25, -0.2) is 4.98 Å². The number of nitrogens with zero attached hydrogens (tertiary/aromatic N) is 2. The molecule has 0 aromatic carbocycles. The average Bonchev–Trinajstić information content (AvgIpc) is 3.46. The van der Waals surface area contributed by atoms with Crippen LogP contribution in [-0.4, -0.2) is 51.2 Å². The second-order valence-corrected chi connectivity index (χ2v) is 11.9. The fraction of sp³-hybridized carbons (Fsp3) is 0.714. The minimum absolute atomic E-state index is 0.0569. The highest BCUT2D eigenvalue weighted by Crippen LogP contribution is 2.67. The lowest BCUT2D eigenvalue weighted by Gasteiger charge is -2.59. The van der Waals surface area contributed by atoms with E-state index in [4.69, 9.17) is 4.84 Å². The minimum atomic E-state index is -1.16. The van der Waals surface area contributed by atoms with Gasteiger partial charge >= 0.3 is 0 Å². The number of hydrogen-bond acceptors (Lipinski definition) is 6.